The number of hydrogen-bond donors (Lipinski definition) is 2. The van der Waals surface area contributed by atoms with Gasteiger partial charge in [0.15, 0.2) is 0 Å². The number of aliphatic hydroxyl groups excluding tert-OH is 1. The van der Waals surface area contributed by atoms with Crippen molar-refractivity contribution in [2.45, 2.75) is 13.0 Å². The molecule has 0 aliphatic heterocycles. The van der Waals surface area contributed by atoms with Crippen LogP contribution in [0.1, 0.15) is 22.8 Å². The van der Waals surface area contributed by atoms with E-state index < -0.39 is 6.10 Å². The molecule has 3 N–H and O–H groups in total. The second kappa shape index (κ2) is 5.14. The molecule has 2 rings (SSSR count). The van der Waals surface area contributed by atoms with Crippen molar-refractivity contribution < 1.29 is 5.11 Å². The van der Waals surface area contributed by atoms with Gasteiger partial charge in [-0.15, -0.1) is 0 Å². The van der Waals surface area contributed by atoms with Gasteiger partial charge in [0.25, 0.3) is 0 Å². The van der Waals surface area contributed by atoms with Crippen molar-refractivity contribution >= 4 is 29.0 Å². The predicted molar refractivity (Wildman–Crippen MR) is 73.9 cm³/mol. The highest BCUT2D eigenvalue weighted by molar-refractivity contribution is 6.42. The number of nitrogens with two attached hydrogens (primary N) is 1. The molecule has 5 heteroatoms. The lowest BCUT2D eigenvalue weighted by Gasteiger charge is -2.15. The normalized spacial score (nSPS) is 12.4. The van der Waals surface area contributed by atoms with E-state index in [1.165, 1.54) is 0 Å². The van der Waals surface area contributed by atoms with E-state index in [2.05, 4.69) is 4.98 Å². The zero-order valence-electron chi connectivity index (χ0n) is 9.69. The average molecular weight is 283 g/mol. The Bertz CT molecular complexity index is 585. The van der Waals surface area contributed by atoms with Gasteiger partial charge < -0.3 is 10.8 Å². The Hall–Kier alpha value is -1.29. The van der Waals surface area contributed by atoms with E-state index in [9.17, 15) is 5.11 Å². The van der Waals surface area contributed by atoms with Crippen LogP contribution in [-0.4, -0.2) is 10.1 Å². The summed E-state index contributed by atoms with van der Waals surface area (Å²) in [6.45, 7) is 1.88. The van der Waals surface area contributed by atoms with E-state index in [0.717, 1.165) is 5.56 Å². The van der Waals surface area contributed by atoms with Crippen LogP contribution in [0.2, 0.25) is 10.0 Å². The van der Waals surface area contributed by atoms with Crippen LogP contribution in [0.3, 0.4) is 0 Å². The zero-order chi connectivity index (χ0) is 13.3. The summed E-state index contributed by atoms with van der Waals surface area (Å²) in [4.78, 5) is 4.02. The Labute approximate surface area is 115 Å². The van der Waals surface area contributed by atoms with Crippen LogP contribution in [0.4, 0.5) is 5.82 Å². The van der Waals surface area contributed by atoms with E-state index in [-0.39, 0.29) is 5.82 Å². The lowest BCUT2D eigenvalue weighted by molar-refractivity contribution is 0.221. The van der Waals surface area contributed by atoms with Gasteiger partial charge >= 0.3 is 0 Å². The minimum absolute atomic E-state index is 0.282. The van der Waals surface area contributed by atoms with Gasteiger partial charge in [-0.05, 0) is 24.6 Å². The molecule has 0 radical (unpaired) electrons. The van der Waals surface area contributed by atoms with E-state index in [1.54, 1.807) is 30.5 Å². The van der Waals surface area contributed by atoms with Crippen LogP contribution in [0.15, 0.2) is 30.5 Å². The summed E-state index contributed by atoms with van der Waals surface area (Å²) in [5.41, 5.74) is 7.73. The molecular formula is C13H12Cl2N2O. The topological polar surface area (TPSA) is 59.1 Å². The van der Waals surface area contributed by atoms with Gasteiger partial charge in [-0.2, -0.15) is 0 Å². The summed E-state index contributed by atoms with van der Waals surface area (Å²) in [6, 6.07) is 6.88. The molecule has 0 spiro atoms. The third-order valence-corrected chi connectivity index (χ3v) is 3.49. The minimum Gasteiger partial charge on any atom is -0.383 e. The Kier molecular flexibility index (Phi) is 3.76. The summed E-state index contributed by atoms with van der Waals surface area (Å²) in [5, 5.41) is 11.1. The number of hydrogen-bond acceptors (Lipinski definition) is 3. The van der Waals surface area contributed by atoms with Gasteiger partial charge in [-0.25, -0.2) is 4.98 Å². The molecule has 0 amide bonds. The molecule has 0 saturated carbocycles. The number of nitrogen functional groups attached to an aromatic ring is 1. The monoisotopic (exact) mass is 282 g/mol. The van der Waals surface area contributed by atoms with Crippen LogP contribution in [0.25, 0.3) is 0 Å². The van der Waals surface area contributed by atoms with Gasteiger partial charge in [-0.1, -0.05) is 35.3 Å². The number of aliphatic hydroxyl groups is 1. The van der Waals surface area contributed by atoms with Crippen molar-refractivity contribution in [1.29, 1.82) is 0 Å². The third-order valence-electron chi connectivity index (χ3n) is 2.66. The molecular weight excluding hydrogens is 271 g/mol. The smallest absolute Gasteiger partial charge is 0.129 e. The first-order valence-corrected chi connectivity index (χ1v) is 6.10. The standard InChI is InChI=1S/C13H12Cl2N2O/c1-7-5-9(13(16)17-6-7)12(18)8-3-2-4-10(14)11(8)15/h2-6,12,18H,1H3,(H2,16,17). The summed E-state index contributed by atoms with van der Waals surface area (Å²) in [7, 11) is 0. The summed E-state index contributed by atoms with van der Waals surface area (Å²) >= 11 is 12.0. The van der Waals surface area contributed by atoms with Crippen molar-refractivity contribution in [3.8, 4) is 0 Å². The number of aryl methyl sites for hydroxylation is 1. The molecule has 2 aromatic rings. The van der Waals surface area contributed by atoms with Crippen LogP contribution in [0, 0.1) is 6.92 Å². The second-order valence-corrected chi connectivity index (χ2v) is 4.82. The molecule has 18 heavy (non-hydrogen) atoms. The van der Waals surface area contributed by atoms with Gasteiger partial charge in [-0.3, -0.25) is 0 Å². The lowest BCUT2D eigenvalue weighted by Crippen LogP contribution is -2.06. The van der Waals surface area contributed by atoms with E-state index in [0.29, 0.717) is 21.2 Å². The first-order valence-electron chi connectivity index (χ1n) is 5.34. The molecule has 1 unspecified atom stereocenters. The van der Waals surface area contributed by atoms with Crippen molar-refractivity contribution in [1.82, 2.24) is 4.98 Å². The van der Waals surface area contributed by atoms with Gasteiger partial charge in [0.1, 0.15) is 11.9 Å². The van der Waals surface area contributed by atoms with Gasteiger partial charge in [0, 0.05) is 17.3 Å². The molecule has 3 nitrogen and oxygen atoms in total. The maximum atomic E-state index is 10.3. The number of halogens is 2. The van der Waals surface area contributed by atoms with E-state index in [4.69, 9.17) is 28.9 Å². The van der Waals surface area contributed by atoms with Crippen LogP contribution in [0.5, 0.6) is 0 Å². The molecule has 0 fully saturated rings. The number of rotatable bonds is 2. The molecule has 1 heterocycles. The number of pyridine rings is 1. The zero-order valence-corrected chi connectivity index (χ0v) is 11.2. The Morgan fingerprint density at radius 1 is 1.28 bits per heavy atom. The van der Waals surface area contributed by atoms with E-state index >= 15 is 0 Å². The molecule has 94 valence electrons. The van der Waals surface area contributed by atoms with Crippen molar-refractivity contribution in [2.24, 2.45) is 0 Å². The van der Waals surface area contributed by atoms with Crippen molar-refractivity contribution in [2.75, 3.05) is 5.73 Å². The highest BCUT2D eigenvalue weighted by Crippen LogP contribution is 2.34. The maximum Gasteiger partial charge on any atom is 0.129 e. The first-order chi connectivity index (χ1) is 8.50. The molecule has 1 atom stereocenters. The molecule has 1 aromatic heterocycles. The van der Waals surface area contributed by atoms with Crippen LogP contribution >= 0.6 is 23.2 Å². The lowest BCUT2D eigenvalue weighted by atomic mass is 10.0. The molecule has 0 bridgehead atoms. The second-order valence-electron chi connectivity index (χ2n) is 4.03. The molecule has 0 aliphatic rings. The number of nitrogens with zero attached hydrogens (tertiary/aromatic N) is 1. The maximum absolute atomic E-state index is 10.3. The number of aromatic nitrogens is 1. The first kappa shape index (κ1) is 13.1. The van der Waals surface area contributed by atoms with E-state index in [1.807, 2.05) is 6.92 Å². The molecule has 1 aromatic carbocycles. The predicted octanol–water partition coefficient (Wildman–Crippen LogP) is 3.36. The summed E-state index contributed by atoms with van der Waals surface area (Å²) in [5.74, 6) is 0.282. The van der Waals surface area contributed by atoms with Gasteiger partial charge in [0.2, 0.25) is 0 Å². The quantitative estimate of drug-likeness (QED) is 0.888. The summed E-state index contributed by atoms with van der Waals surface area (Å²) in [6.07, 6.45) is 0.703. The van der Waals surface area contributed by atoms with Gasteiger partial charge in [0.05, 0.1) is 10.0 Å². The fourth-order valence-electron chi connectivity index (χ4n) is 1.72. The third kappa shape index (κ3) is 2.43. The summed E-state index contributed by atoms with van der Waals surface area (Å²) < 4.78 is 0. The Balaban J connectivity index is 2.51. The highest BCUT2D eigenvalue weighted by Gasteiger charge is 2.18. The van der Waals surface area contributed by atoms with Crippen LogP contribution in [-0.2, 0) is 0 Å². The van der Waals surface area contributed by atoms with Crippen LogP contribution < -0.4 is 5.73 Å². The average Bonchev–Trinajstić information content (AvgIpc) is 2.35. The SMILES string of the molecule is Cc1cnc(N)c(C(O)c2cccc(Cl)c2Cl)c1. The molecule has 0 saturated heterocycles. The van der Waals surface area contributed by atoms with Crippen molar-refractivity contribution in [3.05, 3.63) is 57.2 Å². The fourth-order valence-corrected chi connectivity index (χ4v) is 2.13. The Morgan fingerprint density at radius 3 is 2.72 bits per heavy atom. The largest absolute Gasteiger partial charge is 0.383 e. The Morgan fingerprint density at radius 2 is 2.00 bits per heavy atom. The highest BCUT2D eigenvalue weighted by atomic mass is 35.5. The minimum atomic E-state index is -0.941. The molecule has 0 aliphatic carbocycles. The van der Waals surface area contributed by atoms with Crippen molar-refractivity contribution in [3.63, 3.8) is 0 Å². The number of anilines is 1. The number of benzene rings is 1. The fraction of sp³-hybridized carbons (Fsp3) is 0.154.